The molecule has 0 fully saturated rings. The molecule has 1 aliphatic rings. The summed E-state index contributed by atoms with van der Waals surface area (Å²) in [6.07, 6.45) is 8.35. The highest BCUT2D eigenvalue weighted by molar-refractivity contribution is 5.99. The largest absolute Gasteiger partial charge is 0.248 e. The molecule has 0 amide bonds. The van der Waals surface area contributed by atoms with Gasteiger partial charge in [0.1, 0.15) is 0 Å². The average Bonchev–Trinajstić information content (AvgIpc) is 3.51. The Kier molecular flexibility index (Phi) is 8.20. The van der Waals surface area contributed by atoms with Crippen LogP contribution in [0.5, 0.6) is 0 Å². The lowest BCUT2D eigenvalue weighted by atomic mass is 9.94. The second-order valence-electron chi connectivity index (χ2n) is 13.0. The Morgan fingerprint density at radius 1 is 0.404 bits per heavy atom. The van der Waals surface area contributed by atoms with E-state index in [0.29, 0.717) is 0 Å². The molecular weight excluding hydrogens is 567 g/mol. The lowest BCUT2D eigenvalue weighted by Gasteiger charge is -2.13. The molecule has 7 aromatic rings. The number of hydrogen-bond donors (Lipinski definition) is 0. The van der Waals surface area contributed by atoms with Crippen molar-refractivity contribution in [3.8, 4) is 44.6 Å². The van der Waals surface area contributed by atoms with Gasteiger partial charge in [-0.15, -0.1) is 0 Å². The molecule has 0 saturated heterocycles. The summed E-state index contributed by atoms with van der Waals surface area (Å²) in [7, 11) is 0. The van der Waals surface area contributed by atoms with E-state index in [4.69, 9.17) is 4.98 Å². The van der Waals surface area contributed by atoms with Crippen LogP contribution in [0, 0.1) is 0 Å². The third-order valence-electron chi connectivity index (χ3n) is 9.77. The highest BCUT2D eigenvalue weighted by atomic mass is 14.7. The van der Waals surface area contributed by atoms with E-state index >= 15 is 0 Å². The third kappa shape index (κ3) is 6.27. The van der Waals surface area contributed by atoms with Crippen LogP contribution in [-0.4, -0.2) is 4.98 Å². The minimum absolute atomic E-state index is 0.981. The molecule has 1 heteroatoms. The maximum absolute atomic E-state index is 5.24. The molecule has 1 aliphatic carbocycles. The summed E-state index contributed by atoms with van der Waals surface area (Å²) in [5.41, 5.74) is 16.6. The van der Waals surface area contributed by atoms with Gasteiger partial charge < -0.3 is 0 Å². The van der Waals surface area contributed by atoms with Gasteiger partial charge in [0.15, 0.2) is 0 Å². The smallest absolute Gasteiger partial charge is 0.0716 e. The summed E-state index contributed by atoms with van der Waals surface area (Å²) < 4.78 is 0. The summed E-state index contributed by atoms with van der Waals surface area (Å²) in [5.74, 6) is 0. The number of aryl methyl sites for hydroxylation is 2. The van der Waals surface area contributed by atoms with Gasteiger partial charge in [-0.05, 0) is 112 Å². The van der Waals surface area contributed by atoms with E-state index in [9.17, 15) is 0 Å². The number of nitrogens with zero attached hydrogens (tertiary/aromatic N) is 1. The molecule has 1 aromatic heterocycles. The molecule has 0 radical (unpaired) electrons. The van der Waals surface area contributed by atoms with Crippen LogP contribution in [0.4, 0.5) is 0 Å². The first-order valence-electron chi connectivity index (χ1n) is 17.1. The van der Waals surface area contributed by atoms with Gasteiger partial charge in [0.2, 0.25) is 0 Å². The standard InChI is InChI=1S/C46H39N/c1(5-14-33-15-7-3-8-16-33)2-6-17-34-18-13-22-36(28-34)37-25-27-45-44(31-37)43(35-19-9-4-10-20-35)32-46(47-45)39-24-26-42-40(30-39)29-38-21-11-12-23-41(38)42/h3-4,7-13,15-16,18-28,30-32H,1-2,5-6,14,17,29H2. The first-order chi connectivity index (χ1) is 23.3. The van der Waals surface area contributed by atoms with Gasteiger partial charge in [-0.3, -0.25) is 0 Å². The number of fused-ring (bicyclic) bond motifs is 4. The highest BCUT2D eigenvalue weighted by Crippen LogP contribution is 2.40. The predicted molar refractivity (Wildman–Crippen MR) is 199 cm³/mol. The Hall–Kier alpha value is -5.27. The SMILES string of the molecule is c1ccc(CCCCCCc2cccc(-c3ccc4nc(-c5ccc6c(c5)Cc5ccccc5-6)cc(-c5ccccc5)c4c3)c2)cc1. The van der Waals surface area contributed by atoms with Crippen LogP contribution in [0.15, 0.2) is 152 Å². The van der Waals surface area contributed by atoms with Crippen LogP contribution in [-0.2, 0) is 19.3 Å². The molecule has 0 aliphatic heterocycles. The van der Waals surface area contributed by atoms with Crippen molar-refractivity contribution in [3.63, 3.8) is 0 Å². The molecule has 228 valence electrons. The number of pyridine rings is 1. The van der Waals surface area contributed by atoms with E-state index in [1.54, 1.807) is 0 Å². The summed E-state index contributed by atoms with van der Waals surface area (Å²) in [6.45, 7) is 0. The van der Waals surface area contributed by atoms with Gasteiger partial charge in [0.05, 0.1) is 11.2 Å². The van der Waals surface area contributed by atoms with Crippen molar-refractivity contribution < 1.29 is 0 Å². The van der Waals surface area contributed by atoms with Gasteiger partial charge in [0, 0.05) is 10.9 Å². The Morgan fingerprint density at radius 3 is 1.91 bits per heavy atom. The summed E-state index contributed by atoms with van der Waals surface area (Å²) >= 11 is 0. The van der Waals surface area contributed by atoms with Crippen LogP contribution in [0.25, 0.3) is 55.5 Å². The van der Waals surface area contributed by atoms with Crippen LogP contribution >= 0.6 is 0 Å². The van der Waals surface area contributed by atoms with E-state index in [-0.39, 0.29) is 0 Å². The molecule has 0 atom stereocenters. The molecule has 0 spiro atoms. The fourth-order valence-electron chi connectivity index (χ4n) is 7.28. The third-order valence-corrected chi connectivity index (χ3v) is 9.77. The minimum Gasteiger partial charge on any atom is -0.248 e. The van der Waals surface area contributed by atoms with E-state index < -0.39 is 0 Å². The van der Waals surface area contributed by atoms with Crippen molar-refractivity contribution in [2.45, 2.75) is 44.9 Å². The first kappa shape index (κ1) is 29.2. The van der Waals surface area contributed by atoms with E-state index in [2.05, 4.69) is 152 Å². The number of rotatable bonds is 10. The molecule has 8 rings (SSSR count). The van der Waals surface area contributed by atoms with Crippen LogP contribution in [0.2, 0.25) is 0 Å². The lowest BCUT2D eigenvalue weighted by Crippen LogP contribution is -1.92. The summed E-state index contributed by atoms with van der Waals surface area (Å²) in [6, 6.07) is 55.5. The fourth-order valence-corrected chi connectivity index (χ4v) is 7.28. The Balaban J connectivity index is 1.05. The van der Waals surface area contributed by atoms with E-state index in [1.165, 1.54) is 98.7 Å². The Morgan fingerprint density at radius 2 is 1.06 bits per heavy atom. The van der Waals surface area contributed by atoms with Crippen molar-refractivity contribution in [2.75, 3.05) is 0 Å². The zero-order valence-corrected chi connectivity index (χ0v) is 26.8. The van der Waals surface area contributed by atoms with Gasteiger partial charge >= 0.3 is 0 Å². The quantitative estimate of drug-likeness (QED) is 0.141. The molecule has 0 unspecified atom stereocenters. The fraction of sp³-hybridized carbons (Fsp3) is 0.152. The minimum atomic E-state index is 0.981. The monoisotopic (exact) mass is 605 g/mol. The van der Waals surface area contributed by atoms with Crippen molar-refractivity contribution in [1.82, 2.24) is 4.98 Å². The molecule has 0 saturated carbocycles. The molecular formula is C46H39N. The maximum atomic E-state index is 5.24. The normalized spacial score (nSPS) is 11.8. The lowest BCUT2D eigenvalue weighted by molar-refractivity contribution is 0.640. The molecule has 6 aromatic carbocycles. The van der Waals surface area contributed by atoms with Crippen molar-refractivity contribution in [2.24, 2.45) is 0 Å². The first-order valence-corrected chi connectivity index (χ1v) is 17.1. The second kappa shape index (κ2) is 13.2. The van der Waals surface area contributed by atoms with Crippen LogP contribution < -0.4 is 0 Å². The van der Waals surface area contributed by atoms with Crippen LogP contribution in [0.3, 0.4) is 0 Å². The van der Waals surface area contributed by atoms with Gasteiger partial charge in [-0.25, -0.2) is 4.98 Å². The highest BCUT2D eigenvalue weighted by Gasteiger charge is 2.19. The average molecular weight is 606 g/mol. The Bertz CT molecular complexity index is 2160. The molecule has 0 N–H and O–H groups in total. The molecule has 0 bridgehead atoms. The van der Waals surface area contributed by atoms with E-state index in [0.717, 1.165) is 24.1 Å². The molecule has 1 heterocycles. The maximum Gasteiger partial charge on any atom is 0.0716 e. The number of unbranched alkanes of at least 4 members (excludes halogenated alkanes) is 3. The van der Waals surface area contributed by atoms with E-state index in [1.807, 2.05) is 0 Å². The number of hydrogen-bond acceptors (Lipinski definition) is 1. The molecule has 47 heavy (non-hydrogen) atoms. The summed E-state index contributed by atoms with van der Waals surface area (Å²) in [4.78, 5) is 5.24. The Labute approximate surface area is 278 Å². The zero-order chi connectivity index (χ0) is 31.4. The molecule has 1 nitrogen and oxygen atoms in total. The summed E-state index contributed by atoms with van der Waals surface area (Å²) in [5, 5.41) is 1.19. The number of benzene rings is 6. The van der Waals surface area contributed by atoms with Crippen molar-refractivity contribution >= 4 is 10.9 Å². The predicted octanol–water partition coefficient (Wildman–Crippen LogP) is 12.2. The van der Waals surface area contributed by atoms with Gasteiger partial charge in [0.25, 0.3) is 0 Å². The van der Waals surface area contributed by atoms with Crippen LogP contribution in [0.1, 0.15) is 47.9 Å². The van der Waals surface area contributed by atoms with Gasteiger partial charge in [-0.1, -0.05) is 140 Å². The van der Waals surface area contributed by atoms with Crippen molar-refractivity contribution in [3.05, 3.63) is 174 Å². The van der Waals surface area contributed by atoms with Crippen molar-refractivity contribution in [1.29, 1.82) is 0 Å². The van der Waals surface area contributed by atoms with Gasteiger partial charge in [-0.2, -0.15) is 0 Å². The number of aromatic nitrogens is 1. The topological polar surface area (TPSA) is 12.9 Å². The zero-order valence-electron chi connectivity index (χ0n) is 26.8. The second-order valence-corrected chi connectivity index (χ2v) is 13.0.